The molecule has 0 fully saturated rings. The second kappa shape index (κ2) is 13.5. The Morgan fingerprint density at radius 1 is 0.677 bits per heavy atom. The summed E-state index contributed by atoms with van der Waals surface area (Å²) >= 11 is 0. The van der Waals surface area contributed by atoms with Crippen LogP contribution in [0.4, 0.5) is 0 Å². The molecular weight excluding hydrogens is 571 g/mol. The standard InChI is InChI=1S/2C11H13N4.Pt/c2*1-2-3-7-10-13-11(15-14-10)9-6-4-5-8-12-9;/h2*4-6,8H,2-3,7H2,1H3;/q2*-1;+2. The predicted molar refractivity (Wildman–Crippen MR) is 114 cm³/mol. The molecule has 0 aliphatic heterocycles. The fourth-order valence-corrected chi connectivity index (χ4v) is 2.63. The van der Waals surface area contributed by atoms with Gasteiger partial charge in [0.15, 0.2) is 0 Å². The molecule has 0 saturated carbocycles. The van der Waals surface area contributed by atoms with Gasteiger partial charge >= 0.3 is 21.1 Å². The predicted octanol–water partition coefficient (Wildman–Crippen LogP) is 3.67. The summed E-state index contributed by atoms with van der Waals surface area (Å²) in [7, 11) is 0. The Morgan fingerprint density at radius 2 is 1.13 bits per heavy atom. The van der Waals surface area contributed by atoms with Crippen LogP contribution < -0.4 is 10.2 Å². The smallest absolute Gasteiger partial charge is 0.421 e. The summed E-state index contributed by atoms with van der Waals surface area (Å²) in [6, 6.07) is 11.4. The fraction of sp³-hybridized carbons (Fsp3) is 0.364. The van der Waals surface area contributed by atoms with Crippen LogP contribution in [-0.2, 0) is 33.9 Å². The number of unbranched alkanes of at least 4 members (excludes halogenated alkanes) is 2. The van der Waals surface area contributed by atoms with Crippen molar-refractivity contribution in [2.45, 2.75) is 52.4 Å². The molecule has 4 rings (SSSR count). The summed E-state index contributed by atoms with van der Waals surface area (Å²) in [5.74, 6) is 2.89. The van der Waals surface area contributed by atoms with Crippen molar-refractivity contribution in [3.05, 3.63) is 60.4 Å². The van der Waals surface area contributed by atoms with Crippen LogP contribution in [0.15, 0.2) is 48.8 Å². The van der Waals surface area contributed by atoms with Gasteiger partial charge in [-0.25, -0.2) is 0 Å². The molecule has 0 N–H and O–H groups in total. The first-order valence-corrected chi connectivity index (χ1v) is 10.4. The molecule has 0 aliphatic carbocycles. The number of nitrogens with zero attached hydrogens (tertiary/aromatic N) is 8. The van der Waals surface area contributed by atoms with Crippen molar-refractivity contribution in [2.75, 3.05) is 0 Å². The van der Waals surface area contributed by atoms with E-state index in [1.54, 1.807) is 12.4 Å². The topological polar surface area (TPSA) is 106 Å². The molecule has 9 heteroatoms. The zero-order valence-electron chi connectivity index (χ0n) is 17.8. The second-order valence-corrected chi connectivity index (χ2v) is 6.74. The van der Waals surface area contributed by atoms with Gasteiger partial charge in [0, 0.05) is 24.0 Å². The van der Waals surface area contributed by atoms with Crippen LogP contribution in [0.25, 0.3) is 23.0 Å². The Balaban J connectivity index is 0.000000213. The SMILES string of the molecule is CCCCc1n[n-]c(-c2ccccn2)n1.CCCCc1n[n-]c(-c2ccccn2)n1.[Pt+2]. The van der Waals surface area contributed by atoms with Gasteiger partial charge in [0.2, 0.25) is 0 Å². The van der Waals surface area contributed by atoms with Gasteiger partial charge in [-0.15, -0.1) is 0 Å². The van der Waals surface area contributed by atoms with Crippen molar-refractivity contribution >= 4 is 0 Å². The van der Waals surface area contributed by atoms with E-state index in [4.69, 9.17) is 0 Å². The molecule has 0 aliphatic rings. The Labute approximate surface area is 197 Å². The van der Waals surface area contributed by atoms with Gasteiger partial charge in [0.25, 0.3) is 0 Å². The van der Waals surface area contributed by atoms with E-state index in [-0.39, 0.29) is 21.1 Å². The Bertz CT molecular complexity index is 903. The number of rotatable bonds is 8. The molecule has 0 amide bonds. The van der Waals surface area contributed by atoms with Crippen LogP contribution in [0.2, 0.25) is 0 Å². The summed E-state index contributed by atoms with van der Waals surface area (Å²) < 4.78 is 0. The van der Waals surface area contributed by atoms with Gasteiger partial charge in [-0.3, -0.25) is 20.2 Å². The molecular formula is C22H26N8Pt. The maximum absolute atomic E-state index is 4.33. The Hall–Kier alpha value is -2.73. The molecule has 0 unspecified atom stereocenters. The van der Waals surface area contributed by atoms with Crippen molar-refractivity contribution in [2.24, 2.45) is 0 Å². The summed E-state index contributed by atoms with van der Waals surface area (Å²) in [5, 5.41) is 16.1. The van der Waals surface area contributed by atoms with Crippen LogP contribution in [0.3, 0.4) is 0 Å². The first-order chi connectivity index (χ1) is 14.8. The molecule has 0 saturated heterocycles. The first kappa shape index (κ1) is 24.5. The van der Waals surface area contributed by atoms with Gasteiger partial charge in [0.1, 0.15) is 0 Å². The van der Waals surface area contributed by atoms with Gasteiger partial charge in [-0.05, 0) is 61.6 Å². The minimum absolute atomic E-state index is 0. The number of pyridine rings is 2. The maximum atomic E-state index is 4.33. The quantitative estimate of drug-likeness (QED) is 0.303. The molecule has 164 valence electrons. The second-order valence-electron chi connectivity index (χ2n) is 6.74. The largest absolute Gasteiger partial charge is 2.00 e. The Kier molecular flexibility index (Phi) is 10.7. The Morgan fingerprint density at radius 3 is 1.48 bits per heavy atom. The summed E-state index contributed by atoms with van der Waals surface area (Å²) in [4.78, 5) is 17.0. The summed E-state index contributed by atoms with van der Waals surface area (Å²) in [5.41, 5.74) is 1.57. The third-order valence-electron chi connectivity index (χ3n) is 4.29. The molecule has 4 aromatic rings. The third kappa shape index (κ3) is 7.79. The van der Waals surface area contributed by atoms with Crippen LogP contribution in [0, 0.1) is 0 Å². The van der Waals surface area contributed by atoms with Gasteiger partial charge in [-0.1, -0.05) is 38.8 Å². The summed E-state index contributed by atoms with van der Waals surface area (Å²) in [6.45, 7) is 4.30. The van der Waals surface area contributed by atoms with E-state index < -0.39 is 0 Å². The van der Waals surface area contributed by atoms with Crippen molar-refractivity contribution < 1.29 is 21.1 Å². The molecule has 0 spiro atoms. The molecule has 31 heavy (non-hydrogen) atoms. The van der Waals surface area contributed by atoms with Crippen molar-refractivity contribution in [3.8, 4) is 23.0 Å². The molecule has 4 heterocycles. The summed E-state index contributed by atoms with van der Waals surface area (Å²) in [6.07, 6.45) is 9.77. The average Bonchev–Trinajstić information content (AvgIpc) is 3.48. The van der Waals surface area contributed by atoms with E-state index in [1.165, 1.54) is 0 Å². The van der Waals surface area contributed by atoms with E-state index in [2.05, 4.69) is 54.2 Å². The van der Waals surface area contributed by atoms with E-state index in [1.807, 2.05) is 36.4 Å². The molecule has 0 atom stereocenters. The molecule has 8 nitrogen and oxygen atoms in total. The number of aryl methyl sites for hydroxylation is 2. The van der Waals surface area contributed by atoms with Crippen molar-refractivity contribution in [1.82, 2.24) is 40.3 Å². The number of aromatic nitrogens is 8. The van der Waals surface area contributed by atoms with E-state index in [9.17, 15) is 0 Å². The monoisotopic (exact) mass is 597 g/mol. The van der Waals surface area contributed by atoms with Gasteiger partial charge < -0.3 is 20.2 Å². The van der Waals surface area contributed by atoms with Crippen LogP contribution in [0.5, 0.6) is 0 Å². The fourth-order valence-electron chi connectivity index (χ4n) is 2.63. The number of hydrogen-bond acceptors (Lipinski definition) is 6. The molecule has 0 aromatic carbocycles. The molecule has 0 bridgehead atoms. The minimum atomic E-state index is 0. The first-order valence-electron chi connectivity index (χ1n) is 10.4. The average molecular weight is 598 g/mol. The van der Waals surface area contributed by atoms with Crippen molar-refractivity contribution in [1.29, 1.82) is 0 Å². The van der Waals surface area contributed by atoms with E-state index in [0.717, 1.165) is 61.6 Å². The number of hydrogen-bond donors (Lipinski definition) is 0. The van der Waals surface area contributed by atoms with Gasteiger partial charge in [-0.2, -0.15) is 0 Å². The minimum Gasteiger partial charge on any atom is -0.421 e. The van der Waals surface area contributed by atoms with Crippen LogP contribution >= 0.6 is 0 Å². The third-order valence-corrected chi connectivity index (χ3v) is 4.29. The zero-order valence-corrected chi connectivity index (χ0v) is 20.0. The van der Waals surface area contributed by atoms with Crippen molar-refractivity contribution in [3.63, 3.8) is 0 Å². The van der Waals surface area contributed by atoms with E-state index >= 15 is 0 Å². The molecule has 4 aromatic heterocycles. The van der Waals surface area contributed by atoms with Gasteiger partial charge in [0.05, 0.1) is 11.4 Å². The maximum Gasteiger partial charge on any atom is 2.00 e. The zero-order chi connectivity index (χ0) is 21.0. The van der Waals surface area contributed by atoms with Crippen LogP contribution in [-0.4, -0.2) is 30.1 Å². The normalized spacial score (nSPS) is 10.1. The molecule has 0 radical (unpaired) electrons. The van der Waals surface area contributed by atoms with E-state index in [0.29, 0.717) is 11.6 Å². The van der Waals surface area contributed by atoms with Crippen LogP contribution in [0.1, 0.15) is 51.2 Å².